The Hall–Kier alpha value is -4.35. The second kappa shape index (κ2) is 22.6. The number of carboxylic acid groups (broad SMARTS) is 1. The maximum atomic E-state index is 13.2. The zero-order chi connectivity index (χ0) is 40.4. The first-order valence-corrected chi connectivity index (χ1v) is 17.1. The molecule has 0 aromatic carbocycles. The molecule has 0 aromatic rings. The number of esters is 1. The second-order valence-electron chi connectivity index (χ2n) is 13.8. The Morgan fingerprint density at radius 3 is 1.90 bits per heavy atom. The molecule has 52 heavy (non-hydrogen) atoms. The van der Waals surface area contributed by atoms with Crippen LogP contribution in [0.2, 0.25) is 0 Å². The van der Waals surface area contributed by atoms with Crippen LogP contribution in [0.4, 0.5) is 13.2 Å². The number of rotatable bonds is 20. The Morgan fingerprint density at radius 1 is 0.865 bits per heavy atom. The van der Waals surface area contributed by atoms with Gasteiger partial charge in [-0.2, -0.15) is 13.2 Å². The van der Waals surface area contributed by atoms with Crippen molar-refractivity contribution in [2.75, 3.05) is 13.1 Å². The van der Waals surface area contributed by atoms with Crippen LogP contribution in [0, 0.1) is 11.8 Å². The lowest BCUT2D eigenvalue weighted by molar-refractivity contribution is -0.192. The number of halogens is 3. The van der Waals surface area contributed by atoms with Crippen molar-refractivity contribution in [1.82, 2.24) is 20.9 Å². The molecule has 0 fully saturated rings. The van der Waals surface area contributed by atoms with Gasteiger partial charge in [0.2, 0.25) is 17.7 Å². The van der Waals surface area contributed by atoms with Crippen LogP contribution in [0.3, 0.4) is 0 Å². The number of alkyl halides is 3. The average Bonchev–Trinajstić information content (AvgIpc) is 3.33. The lowest BCUT2D eigenvalue weighted by atomic mass is 9.92. The number of nitrogens with one attached hydrogen (secondary N) is 3. The highest BCUT2D eigenvalue weighted by Crippen LogP contribution is 2.16. The maximum absolute atomic E-state index is 13.2. The molecule has 0 radical (unpaired) electrons. The first-order valence-electron chi connectivity index (χ1n) is 17.1. The summed E-state index contributed by atoms with van der Waals surface area (Å²) in [6.07, 6.45) is 0.515. The topological polar surface area (TPSA) is 231 Å². The molecule has 0 aliphatic carbocycles. The summed E-state index contributed by atoms with van der Waals surface area (Å²) in [4.78, 5) is 96.7. The van der Waals surface area contributed by atoms with Crippen molar-refractivity contribution < 1.29 is 61.4 Å². The number of nitrogens with zero attached hydrogens (tertiary/aromatic N) is 1. The van der Waals surface area contributed by atoms with Gasteiger partial charge in [0.15, 0.2) is 5.78 Å². The van der Waals surface area contributed by atoms with E-state index in [1.807, 2.05) is 0 Å². The van der Waals surface area contributed by atoms with Crippen LogP contribution in [0.15, 0.2) is 12.2 Å². The Bertz CT molecular complexity index is 1280. The molecule has 0 unspecified atom stereocenters. The number of ketones is 1. The molecule has 0 aromatic heterocycles. The van der Waals surface area contributed by atoms with E-state index in [2.05, 4.69) is 16.0 Å². The minimum atomic E-state index is -5.08. The fourth-order valence-electron chi connectivity index (χ4n) is 4.55. The van der Waals surface area contributed by atoms with E-state index in [1.54, 1.807) is 48.5 Å². The standard InChI is InChI=1S/C32H53N5O8.C2HF3O2/c1-20(2)28(36-25(39)14-9-8-12-18-37-26(40)15-16-27(37)41)24(38)19-21(3)29(42)35-23(31(44)45-32(5,6)7)13-10-11-17-34-30(43)22(4)33;3-2(4,5)1(6)7/h15-16,20-23,28H,8-14,17-19,33H2,1-7H3,(H,34,43)(H,35,42)(H,36,39);(H,6,7)/t21-,22-,23+,28+;/m1./s1. The van der Waals surface area contributed by atoms with Gasteiger partial charge in [0.1, 0.15) is 11.6 Å². The minimum Gasteiger partial charge on any atom is -0.475 e. The molecule has 6 N–H and O–H groups in total. The third-order valence-corrected chi connectivity index (χ3v) is 7.35. The fourth-order valence-corrected chi connectivity index (χ4v) is 4.55. The van der Waals surface area contributed by atoms with Crippen LogP contribution in [-0.4, -0.2) is 100 Å². The molecule has 0 spiro atoms. The molecular formula is C34H54F3N5O10. The first-order chi connectivity index (χ1) is 23.9. The van der Waals surface area contributed by atoms with Gasteiger partial charge in [-0.05, 0) is 65.7 Å². The summed E-state index contributed by atoms with van der Waals surface area (Å²) in [6, 6.07) is -2.34. The molecule has 296 valence electrons. The molecule has 5 amide bonds. The minimum absolute atomic E-state index is 0.134. The summed E-state index contributed by atoms with van der Waals surface area (Å²) >= 11 is 0. The summed E-state index contributed by atoms with van der Waals surface area (Å²) in [5.74, 6) is -6.34. The van der Waals surface area contributed by atoms with Crippen LogP contribution >= 0.6 is 0 Å². The highest BCUT2D eigenvalue weighted by Gasteiger charge is 2.38. The number of ether oxygens (including phenoxy) is 1. The molecule has 1 heterocycles. The highest BCUT2D eigenvalue weighted by molar-refractivity contribution is 6.12. The SMILES string of the molecule is CC(C)[C@H](NC(=O)CCCCCN1C(=O)C=CC1=O)C(=O)C[C@@H](C)C(=O)N[C@@H](CCCCNC(=O)[C@@H](C)N)C(=O)OC(C)(C)C.O=C(O)C(F)(F)F. The highest BCUT2D eigenvalue weighted by atomic mass is 19.4. The van der Waals surface area contributed by atoms with Crippen LogP contribution in [0.5, 0.6) is 0 Å². The van der Waals surface area contributed by atoms with E-state index >= 15 is 0 Å². The van der Waals surface area contributed by atoms with Crippen molar-refractivity contribution >= 4 is 47.3 Å². The number of aliphatic carboxylic acids is 1. The number of amides is 5. The predicted molar refractivity (Wildman–Crippen MR) is 182 cm³/mol. The van der Waals surface area contributed by atoms with E-state index in [1.165, 1.54) is 12.2 Å². The van der Waals surface area contributed by atoms with E-state index in [-0.39, 0.29) is 54.6 Å². The Kier molecular flexibility index (Phi) is 20.7. The predicted octanol–water partition coefficient (Wildman–Crippen LogP) is 2.30. The second-order valence-corrected chi connectivity index (χ2v) is 13.8. The molecule has 1 rings (SSSR count). The molecule has 0 bridgehead atoms. The number of imide groups is 1. The summed E-state index contributed by atoms with van der Waals surface area (Å²) in [5.41, 5.74) is 4.78. The van der Waals surface area contributed by atoms with Crippen molar-refractivity contribution in [2.24, 2.45) is 17.6 Å². The Labute approximate surface area is 302 Å². The van der Waals surface area contributed by atoms with Crippen molar-refractivity contribution in [1.29, 1.82) is 0 Å². The summed E-state index contributed by atoms with van der Waals surface area (Å²) < 4.78 is 37.2. The number of unbranched alkanes of at least 4 members (excludes halogenated alkanes) is 3. The summed E-state index contributed by atoms with van der Waals surface area (Å²) in [6.45, 7) is 12.6. The van der Waals surface area contributed by atoms with Gasteiger partial charge in [0.25, 0.3) is 11.8 Å². The van der Waals surface area contributed by atoms with Gasteiger partial charge in [0.05, 0.1) is 12.1 Å². The largest absolute Gasteiger partial charge is 0.490 e. The number of carbonyl (C=O) groups excluding carboxylic acids is 7. The quantitative estimate of drug-likeness (QED) is 0.0689. The molecule has 1 aliphatic rings. The van der Waals surface area contributed by atoms with E-state index in [0.29, 0.717) is 45.2 Å². The lowest BCUT2D eigenvalue weighted by Gasteiger charge is -2.26. The third kappa shape index (κ3) is 19.9. The van der Waals surface area contributed by atoms with Crippen molar-refractivity contribution in [2.45, 2.75) is 130 Å². The number of carbonyl (C=O) groups is 8. The average molecular weight is 750 g/mol. The smallest absolute Gasteiger partial charge is 0.475 e. The number of carboxylic acids is 1. The van der Waals surface area contributed by atoms with Crippen LogP contribution in [-0.2, 0) is 43.1 Å². The van der Waals surface area contributed by atoms with Crippen LogP contribution in [0.1, 0.15) is 99.8 Å². The molecule has 1 aliphatic heterocycles. The van der Waals surface area contributed by atoms with Crippen LogP contribution < -0.4 is 21.7 Å². The van der Waals surface area contributed by atoms with Gasteiger partial charge >= 0.3 is 18.1 Å². The summed E-state index contributed by atoms with van der Waals surface area (Å²) in [7, 11) is 0. The fraction of sp³-hybridized carbons (Fsp3) is 0.706. The summed E-state index contributed by atoms with van der Waals surface area (Å²) in [5, 5.41) is 15.3. The van der Waals surface area contributed by atoms with Gasteiger partial charge < -0.3 is 31.5 Å². The van der Waals surface area contributed by atoms with E-state index in [9.17, 15) is 46.7 Å². The maximum Gasteiger partial charge on any atom is 0.490 e. The normalized spacial score (nSPS) is 15.2. The first kappa shape index (κ1) is 47.7. The van der Waals surface area contributed by atoms with Gasteiger partial charge in [-0.25, -0.2) is 9.59 Å². The molecule has 18 heteroatoms. The zero-order valence-corrected chi connectivity index (χ0v) is 30.9. The third-order valence-electron chi connectivity index (χ3n) is 7.35. The number of Topliss-reactive ketones (excluding diaryl/α,β-unsaturated/α-hetero) is 1. The lowest BCUT2D eigenvalue weighted by Crippen LogP contribution is -2.48. The molecule has 0 saturated heterocycles. The number of nitrogens with two attached hydrogens (primary N) is 1. The van der Waals surface area contributed by atoms with E-state index in [4.69, 9.17) is 20.4 Å². The van der Waals surface area contributed by atoms with Gasteiger partial charge in [-0.3, -0.25) is 33.7 Å². The number of hydrogen-bond donors (Lipinski definition) is 5. The molecular weight excluding hydrogens is 695 g/mol. The van der Waals surface area contributed by atoms with Crippen molar-refractivity contribution in [3.8, 4) is 0 Å². The van der Waals surface area contributed by atoms with Crippen molar-refractivity contribution in [3.05, 3.63) is 12.2 Å². The molecule has 4 atom stereocenters. The Morgan fingerprint density at radius 2 is 1.42 bits per heavy atom. The van der Waals surface area contributed by atoms with Crippen molar-refractivity contribution in [3.63, 3.8) is 0 Å². The monoisotopic (exact) mass is 749 g/mol. The van der Waals surface area contributed by atoms with Crippen LogP contribution in [0.25, 0.3) is 0 Å². The van der Waals surface area contributed by atoms with E-state index in [0.717, 1.165) is 4.90 Å². The molecule has 15 nitrogen and oxygen atoms in total. The zero-order valence-electron chi connectivity index (χ0n) is 30.9. The van der Waals surface area contributed by atoms with E-state index < -0.39 is 53.7 Å². The number of hydrogen-bond acceptors (Lipinski definition) is 10. The van der Waals surface area contributed by atoms with Gasteiger partial charge in [-0.1, -0.05) is 27.2 Å². The van der Waals surface area contributed by atoms with Gasteiger partial charge in [0, 0.05) is 44.0 Å². The Balaban J connectivity index is 0.00000335. The molecule has 0 saturated carbocycles. The van der Waals surface area contributed by atoms with Gasteiger partial charge in [-0.15, -0.1) is 0 Å².